The highest BCUT2D eigenvalue weighted by Gasteiger charge is 2.20. The molecule has 2 N–H and O–H groups in total. The van der Waals surface area contributed by atoms with E-state index in [4.69, 9.17) is 9.47 Å². The van der Waals surface area contributed by atoms with Gasteiger partial charge in [-0.25, -0.2) is 0 Å². The van der Waals surface area contributed by atoms with Gasteiger partial charge in [0.25, 0.3) is 5.91 Å². The quantitative estimate of drug-likeness (QED) is 0.887. The van der Waals surface area contributed by atoms with E-state index in [1.165, 1.54) is 7.11 Å². The van der Waals surface area contributed by atoms with Gasteiger partial charge in [0.2, 0.25) is 0 Å². The summed E-state index contributed by atoms with van der Waals surface area (Å²) in [4.78, 5) is 12.3. The van der Waals surface area contributed by atoms with Crippen molar-refractivity contribution in [1.82, 2.24) is 10.6 Å². The minimum atomic E-state index is -0.121. The number of nitrogens with one attached hydrogen (secondary N) is 2. The fourth-order valence-electron chi connectivity index (χ4n) is 2.30. The molecule has 20 heavy (non-hydrogen) atoms. The van der Waals surface area contributed by atoms with Crippen molar-refractivity contribution in [3.8, 4) is 11.5 Å². The largest absolute Gasteiger partial charge is 0.493 e. The zero-order valence-corrected chi connectivity index (χ0v) is 12.6. The molecule has 1 amide bonds. The van der Waals surface area contributed by atoms with Gasteiger partial charge < -0.3 is 20.1 Å². The fraction of sp³-hybridized carbons (Fsp3) is 0.500. The predicted molar refractivity (Wildman–Crippen MR) is 80.2 cm³/mol. The second-order valence-electron chi connectivity index (χ2n) is 4.56. The second-order valence-corrected chi connectivity index (χ2v) is 4.56. The maximum absolute atomic E-state index is 12.3. The number of benzene rings is 1. The minimum absolute atomic E-state index is 0. The molecule has 5 nitrogen and oxygen atoms in total. The average molecular weight is 301 g/mol. The van der Waals surface area contributed by atoms with Crippen molar-refractivity contribution in [2.24, 2.45) is 0 Å². The van der Waals surface area contributed by atoms with E-state index in [9.17, 15) is 4.79 Å². The summed E-state index contributed by atoms with van der Waals surface area (Å²) in [6, 6.07) is 5.48. The summed E-state index contributed by atoms with van der Waals surface area (Å²) in [5, 5.41) is 6.30. The molecule has 1 unspecified atom stereocenters. The van der Waals surface area contributed by atoms with E-state index in [1.807, 2.05) is 0 Å². The molecule has 112 valence electrons. The van der Waals surface area contributed by atoms with Crippen LogP contribution >= 0.6 is 12.4 Å². The number of halogens is 1. The number of amides is 1. The van der Waals surface area contributed by atoms with E-state index < -0.39 is 0 Å². The van der Waals surface area contributed by atoms with Gasteiger partial charge in [-0.2, -0.15) is 0 Å². The number of ether oxygens (including phenoxy) is 2. The Morgan fingerprint density at radius 1 is 1.35 bits per heavy atom. The van der Waals surface area contributed by atoms with E-state index >= 15 is 0 Å². The standard InChI is InChI=1S/C14H20N2O3.ClH/c1-18-12-7-3-6-11(13(12)19-2)14(17)16-10-5-4-8-15-9-10;/h3,6-7,10,15H,4-5,8-9H2,1-2H3,(H,16,17);1H. The summed E-state index contributed by atoms with van der Waals surface area (Å²) in [5.41, 5.74) is 0.507. The smallest absolute Gasteiger partial charge is 0.255 e. The van der Waals surface area contributed by atoms with Crippen LogP contribution < -0.4 is 20.1 Å². The molecule has 1 aliphatic rings. The third-order valence-corrected chi connectivity index (χ3v) is 3.28. The minimum Gasteiger partial charge on any atom is -0.493 e. The van der Waals surface area contributed by atoms with Gasteiger partial charge in [-0.15, -0.1) is 12.4 Å². The predicted octanol–water partition coefficient (Wildman–Crippen LogP) is 1.61. The summed E-state index contributed by atoms with van der Waals surface area (Å²) in [6.07, 6.45) is 2.09. The molecule has 0 aromatic heterocycles. The Balaban J connectivity index is 0.00000200. The summed E-state index contributed by atoms with van der Waals surface area (Å²) in [6.45, 7) is 1.84. The van der Waals surface area contributed by atoms with Gasteiger partial charge in [-0.1, -0.05) is 6.07 Å². The molecule has 1 aromatic rings. The Morgan fingerprint density at radius 2 is 2.15 bits per heavy atom. The van der Waals surface area contributed by atoms with Crippen molar-refractivity contribution in [3.05, 3.63) is 23.8 Å². The highest BCUT2D eigenvalue weighted by Crippen LogP contribution is 2.30. The molecule has 1 atom stereocenters. The molecule has 0 bridgehead atoms. The van der Waals surface area contributed by atoms with Crippen molar-refractivity contribution in [2.45, 2.75) is 18.9 Å². The molecule has 2 rings (SSSR count). The molecule has 0 spiro atoms. The zero-order chi connectivity index (χ0) is 13.7. The van der Waals surface area contributed by atoms with Crippen molar-refractivity contribution in [2.75, 3.05) is 27.3 Å². The first kappa shape index (κ1) is 16.6. The van der Waals surface area contributed by atoms with E-state index in [1.54, 1.807) is 25.3 Å². The Bertz CT molecular complexity index is 448. The third kappa shape index (κ3) is 3.77. The summed E-state index contributed by atoms with van der Waals surface area (Å²) in [5.74, 6) is 0.924. The van der Waals surface area contributed by atoms with Crippen LogP contribution in [-0.4, -0.2) is 39.3 Å². The lowest BCUT2D eigenvalue weighted by molar-refractivity contribution is 0.0927. The van der Waals surface area contributed by atoms with Crippen LogP contribution in [-0.2, 0) is 0 Å². The molecule has 1 aromatic carbocycles. The van der Waals surface area contributed by atoms with Gasteiger partial charge >= 0.3 is 0 Å². The zero-order valence-electron chi connectivity index (χ0n) is 11.8. The first-order valence-corrected chi connectivity index (χ1v) is 6.49. The number of methoxy groups -OCH3 is 2. The molecule has 1 fully saturated rings. The van der Waals surface area contributed by atoms with Crippen molar-refractivity contribution >= 4 is 18.3 Å². The first-order chi connectivity index (χ1) is 9.26. The van der Waals surface area contributed by atoms with E-state index in [0.29, 0.717) is 17.1 Å². The molecule has 0 aliphatic carbocycles. The van der Waals surface area contributed by atoms with Crippen molar-refractivity contribution < 1.29 is 14.3 Å². The monoisotopic (exact) mass is 300 g/mol. The molecule has 1 saturated heterocycles. The number of para-hydroxylation sites is 1. The SMILES string of the molecule is COc1cccc(C(=O)NC2CCCNC2)c1OC.Cl. The highest BCUT2D eigenvalue weighted by atomic mass is 35.5. The lowest BCUT2D eigenvalue weighted by atomic mass is 10.1. The maximum atomic E-state index is 12.3. The number of carbonyl (C=O) groups is 1. The number of piperidine rings is 1. The van der Waals surface area contributed by atoms with Crippen molar-refractivity contribution in [1.29, 1.82) is 0 Å². The van der Waals surface area contributed by atoms with Gasteiger partial charge in [0.05, 0.1) is 19.8 Å². The van der Waals surface area contributed by atoms with Gasteiger partial charge in [-0.05, 0) is 31.5 Å². The number of hydrogen-bond donors (Lipinski definition) is 2. The summed E-state index contributed by atoms with van der Waals surface area (Å²) >= 11 is 0. The number of rotatable bonds is 4. The van der Waals surface area contributed by atoms with Crippen molar-refractivity contribution in [3.63, 3.8) is 0 Å². The molecular weight excluding hydrogens is 280 g/mol. The van der Waals surface area contributed by atoms with E-state index in [-0.39, 0.29) is 24.4 Å². The number of carbonyl (C=O) groups excluding carboxylic acids is 1. The lowest BCUT2D eigenvalue weighted by Crippen LogP contribution is -2.45. The van der Waals surface area contributed by atoms with Crippen LogP contribution in [0.15, 0.2) is 18.2 Å². The fourth-order valence-corrected chi connectivity index (χ4v) is 2.30. The average Bonchev–Trinajstić information content (AvgIpc) is 2.47. The van der Waals surface area contributed by atoms with Gasteiger partial charge in [0.1, 0.15) is 0 Å². The van der Waals surface area contributed by atoms with Gasteiger partial charge in [0.15, 0.2) is 11.5 Å². The van der Waals surface area contributed by atoms with Crippen LogP contribution in [0.2, 0.25) is 0 Å². The molecule has 0 radical (unpaired) electrons. The molecule has 0 saturated carbocycles. The Labute approximate surface area is 125 Å². The van der Waals surface area contributed by atoms with Crippen LogP contribution in [0.1, 0.15) is 23.2 Å². The van der Waals surface area contributed by atoms with E-state index in [0.717, 1.165) is 25.9 Å². The Morgan fingerprint density at radius 3 is 2.75 bits per heavy atom. The summed E-state index contributed by atoms with van der Waals surface area (Å²) in [7, 11) is 3.10. The van der Waals surface area contributed by atoms with Crippen LogP contribution in [0.3, 0.4) is 0 Å². The maximum Gasteiger partial charge on any atom is 0.255 e. The van der Waals surface area contributed by atoms with Crippen LogP contribution in [0, 0.1) is 0 Å². The molecule has 6 heteroatoms. The topological polar surface area (TPSA) is 59.6 Å². The van der Waals surface area contributed by atoms with Gasteiger partial charge in [-0.3, -0.25) is 4.79 Å². The normalized spacial score (nSPS) is 17.8. The highest BCUT2D eigenvalue weighted by molar-refractivity contribution is 5.98. The van der Waals surface area contributed by atoms with Crippen LogP contribution in [0.5, 0.6) is 11.5 Å². The molecule has 1 aliphatic heterocycles. The Kier molecular flexibility index (Phi) is 6.61. The summed E-state index contributed by atoms with van der Waals surface area (Å²) < 4.78 is 10.5. The third-order valence-electron chi connectivity index (χ3n) is 3.28. The van der Waals surface area contributed by atoms with Gasteiger partial charge in [0, 0.05) is 12.6 Å². The van der Waals surface area contributed by atoms with Crippen LogP contribution in [0.25, 0.3) is 0 Å². The van der Waals surface area contributed by atoms with Crippen LogP contribution in [0.4, 0.5) is 0 Å². The van der Waals surface area contributed by atoms with E-state index in [2.05, 4.69) is 10.6 Å². The Hall–Kier alpha value is -1.46. The lowest BCUT2D eigenvalue weighted by Gasteiger charge is -2.24. The number of hydrogen-bond acceptors (Lipinski definition) is 4. The molecular formula is C14H21ClN2O3. The molecule has 1 heterocycles. The first-order valence-electron chi connectivity index (χ1n) is 6.49. The second kappa shape index (κ2) is 7.97.